The summed E-state index contributed by atoms with van der Waals surface area (Å²) in [4.78, 5) is 27.5. The summed E-state index contributed by atoms with van der Waals surface area (Å²) in [7, 11) is 0. The van der Waals surface area contributed by atoms with Crippen molar-refractivity contribution in [3.8, 4) is 0 Å². The Balaban J connectivity index is 1.57. The Bertz CT molecular complexity index is 1140. The number of rotatable bonds is 3. The summed E-state index contributed by atoms with van der Waals surface area (Å²) in [5.74, 6) is -0.305. The third-order valence-corrected chi connectivity index (χ3v) is 5.85. The highest BCUT2D eigenvalue weighted by atomic mass is 35.5. The molecule has 1 aliphatic heterocycles. The summed E-state index contributed by atoms with van der Waals surface area (Å²) in [5.41, 5.74) is 4.50. The van der Waals surface area contributed by atoms with E-state index in [1.165, 1.54) is 0 Å². The molecule has 0 aromatic heterocycles. The van der Waals surface area contributed by atoms with E-state index in [2.05, 4.69) is 5.32 Å². The van der Waals surface area contributed by atoms with Crippen molar-refractivity contribution < 1.29 is 9.59 Å². The van der Waals surface area contributed by atoms with Crippen molar-refractivity contribution in [2.45, 2.75) is 19.8 Å². The maximum Gasteiger partial charge on any atom is 0.258 e. The van der Waals surface area contributed by atoms with Gasteiger partial charge in [-0.3, -0.25) is 9.59 Å². The summed E-state index contributed by atoms with van der Waals surface area (Å²) in [6, 6.07) is 17.8. The van der Waals surface area contributed by atoms with E-state index in [-0.39, 0.29) is 11.8 Å². The second-order valence-electron chi connectivity index (χ2n) is 7.33. The van der Waals surface area contributed by atoms with Gasteiger partial charge in [0.05, 0.1) is 0 Å². The maximum atomic E-state index is 13.0. The molecule has 2 amide bonds. The van der Waals surface area contributed by atoms with E-state index in [0.717, 1.165) is 29.7 Å². The van der Waals surface area contributed by atoms with Gasteiger partial charge in [-0.2, -0.15) is 0 Å². The van der Waals surface area contributed by atoms with Gasteiger partial charge in [-0.05, 0) is 79.4 Å². The van der Waals surface area contributed by atoms with Crippen LogP contribution in [0.5, 0.6) is 0 Å². The number of nitrogens with zero attached hydrogens (tertiary/aromatic N) is 1. The van der Waals surface area contributed by atoms with Crippen molar-refractivity contribution in [3.63, 3.8) is 0 Å². The first-order valence-corrected chi connectivity index (χ1v) is 10.5. The van der Waals surface area contributed by atoms with Crippen LogP contribution in [0.3, 0.4) is 0 Å². The number of hydrogen-bond acceptors (Lipinski definition) is 2. The molecule has 152 valence electrons. The molecule has 30 heavy (non-hydrogen) atoms. The molecule has 6 heteroatoms. The van der Waals surface area contributed by atoms with Gasteiger partial charge < -0.3 is 10.2 Å². The Kier molecular flexibility index (Phi) is 5.80. The quantitative estimate of drug-likeness (QED) is 0.533. The molecule has 3 aromatic carbocycles. The fraction of sp³-hybridized carbons (Fsp3) is 0.167. The second kappa shape index (κ2) is 8.50. The average Bonchev–Trinajstić information content (AvgIpc) is 2.75. The number of amides is 2. The molecule has 4 nitrogen and oxygen atoms in total. The minimum absolute atomic E-state index is 0.0926. The van der Waals surface area contributed by atoms with Crippen molar-refractivity contribution in [1.29, 1.82) is 0 Å². The van der Waals surface area contributed by atoms with Crippen LogP contribution in [0, 0.1) is 6.92 Å². The molecule has 0 bridgehead atoms. The second-order valence-corrected chi connectivity index (χ2v) is 8.18. The topological polar surface area (TPSA) is 49.4 Å². The SMILES string of the molecule is Cc1ccc(NC(=O)c2ccc3c(c2)CCCN3C(=O)c2cccc(Cl)c2)cc1Cl. The summed E-state index contributed by atoms with van der Waals surface area (Å²) in [5, 5.41) is 4.01. The molecule has 0 unspecified atom stereocenters. The first-order valence-electron chi connectivity index (χ1n) is 9.70. The van der Waals surface area contributed by atoms with E-state index < -0.39 is 0 Å². The number of anilines is 2. The summed E-state index contributed by atoms with van der Waals surface area (Å²) >= 11 is 12.2. The first kappa shape index (κ1) is 20.5. The van der Waals surface area contributed by atoms with Crippen molar-refractivity contribution in [1.82, 2.24) is 0 Å². The fourth-order valence-electron chi connectivity index (χ4n) is 3.60. The number of carbonyl (C=O) groups excluding carboxylic acids is 2. The number of aryl methyl sites for hydroxylation is 2. The van der Waals surface area contributed by atoms with E-state index in [1.807, 2.05) is 31.2 Å². The molecule has 0 aliphatic carbocycles. The van der Waals surface area contributed by atoms with E-state index >= 15 is 0 Å². The van der Waals surface area contributed by atoms with E-state index in [0.29, 0.717) is 33.4 Å². The molecule has 4 rings (SSSR count). The van der Waals surface area contributed by atoms with Crippen LogP contribution >= 0.6 is 23.2 Å². The average molecular weight is 439 g/mol. The molecule has 1 aliphatic rings. The van der Waals surface area contributed by atoms with Gasteiger partial charge in [0.1, 0.15) is 0 Å². The zero-order chi connectivity index (χ0) is 21.3. The van der Waals surface area contributed by atoms with Gasteiger partial charge in [0, 0.05) is 39.1 Å². The standard InChI is InChI=1S/C24H20Cl2N2O2/c1-15-7-9-20(14-21(15)26)27-23(29)17-8-10-22-16(12-17)5-3-11-28(22)24(30)18-4-2-6-19(25)13-18/h2,4,6-10,12-14H,3,5,11H2,1H3,(H,27,29). The van der Waals surface area contributed by atoms with Gasteiger partial charge in [-0.25, -0.2) is 0 Å². The minimum atomic E-state index is -0.212. The highest BCUT2D eigenvalue weighted by molar-refractivity contribution is 6.31. The predicted octanol–water partition coefficient (Wildman–Crippen LogP) is 6.15. The number of fused-ring (bicyclic) bond motifs is 1. The van der Waals surface area contributed by atoms with Crippen LogP contribution in [0.4, 0.5) is 11.4 Å². The highest BCUT2D eigenvalue weighted by Gasteiger charge is 2.24. The van der Waals surface area contributed by atoms with Gasteiger partial charge >= 0.3 is 0 Å². The van der Waals surface area contributed by atoms with Crippen molar-refractivity contribution in [3.05, 3.63) is 93.0 Å². The Labute approximate surface area is 185 Å². The minimum Gasteiger partial charge on any atom is -0.322 e. The van der Waals surface area contributed by atoms with Crippen LogP contribution in [0.25, 0.3) is 0 Å². The zero-order valence-electron chi connectivity index (χ0n) is 16.4. The van der Waals surface area contributed by atoms with Crippen LogP contribution in [-0.4, -0.2) is 18.4 Å². The summed E-state index contributed by atoms with van der Waals surface area (Å²) < 4.78 is 0. The third kappa shape index (κ3) is 4.20. The molecule has 1 N–H and O–H groups in total. The maximum absolute atomic E-state index is 13.0. The van der Waals surface area contributed by atoms with E-state index in [9.17, 15) is 9.59 Å². The van der Waals surface area contributed by atoms with E-state index in [4.69, 9.17) is 23.2 Å². The molecule has 1 heterocycles. The van der Waals surface area contributed by atoms with E-state index in [1.54, 1.807) is 41.3 Å². The third-order valence-electron chi connectivity index (χ3n) is 5.21. The normalized spacial score (nSPS) is 13.0. The molecular weight excluding hydrogens is 419 g/mol. The Morgan fingerprint density at radius 1 is 0.967 bits per heavy atom. The van der Waals surface area contributed by atoms with Crippen LogP contribution < -0.4 is 10.2 Å². The number of benzene rings is 3. The van der Waals surface area contributed by atoms with Gasteiger partial charge in [0.25, 0.3) is 11.8 Å². The predicted molar refractivity (Wildman–Crippen MR) is 122 cm³/mol. The summed E-state index contributed by atoms with van der Waals surface area (Å²) in [6.45, 7) is 2.54. The number of halogens is 2. The molecule has 0 spiro atoms. The number of nitrogens with one attached hydrogen (secondary N) is 1. The van der Waals surface area contributed by atoms with Crippen molar-refractivity contribution in [2.24, 2.45) is 0 Å². The highest BCUT2D eigenvalue weighted by Crippen LogP contribution is 2.30. The lowest BCUT2D eigenvalue weighted by molar-refractivity contribution is 0.0984. The Morgan fingerprint density at radius 2 is 1.80 bits per heavy atom. The molecule has 0 radical (unpaired) electrons. The molecule has 0 fully saturated rings. The van der Waals surface area contributed by atoms with Crippen molar-refractivity contribution in [2.75, 3.05) is 16.8 Å². The molecule has 0 saturated carbocycles. The number of hydrogen-bond donors (Lipinski definition) is 1. The first-order chi connectivity index (χ1) is 14.4. The zero-order valence-corrected chi connectivity index (χ0v) is 17.9. The van der Waals surface area contributed by atoms with Gasteiger partial charge in [0.15, 0.2) is 0 Å². The lowest BCUT2D eigenvalue weighted by Gasteiger charge is -2.30. The van der Waals surface area contributed by atoms with Crippen molar-refractivity contribution >= 4 is 46.4 Å². The smallest absolute Gasteiger partial charge is 0.258 e. The van der Waals surface area contributed by atoms with Gasteiger partial charge in [0.2, 0.25) is 0 Å². The Morgan fingerprint density at radius 3 is 2.57 bits per heavy atom. The van der Waals surface area contributed by atoms with Crippen LogP contribution in [0.1, 0.15) is 38.3 Å². The number of carbonyl (C=O) groups is 2. The molecule has 0 saturated heterocycles. The van der Waals surface area contributed by atoms with Crippen LogP contribution in [0.2, 0.25) is 10.0 Å². The fourth-order valence-corrected chi connectivity index (χ4v) is 3.97. The van der Waals surface area contributed by atoms with Crippen LogP contribution in [0.15, 0.2) is 60.7 Å². The van der Waals surface area contributed by atoms with Gasteiger partial charge in [-0.15, -0.1) is 0 Å². The van der Waals surface area contributed by atoms with Crippen LogP contribution in [-0.2, 0) is 6.42 Å². The lowest BCUT2D eigenvalue weighted by atomic mass is 9.98. The summed E-state index contributed by atoms with van der Waals surface area (Å²) in [6.07, 6.45) is 1.64. The molecule has 3 aromatic rings. The molecular formula is C24H20Cl2N2O2. The lowest BCUT2D eigenvalue weighted by Crippen LogP contribution is -2.35. The monoisotopic (exact) mass is 438 g/mol. The Hall–Kier alpha value is -2.82. The molecule has 0 atom stereocenters. The van der Waals surface area contributed by atoms with Gasteiger partial charge in [-0.1, -0.05) is 35.3 Å². The largest absolute Gasteiger partial charge is 0.322 e.